The molecule has 1 aliphatic heterocycles. The van der Waals surface area contributed by atoms with E-state index in [1.54, 1.807) is 0 Å². The van der Waals surface area contributed by atoms with E-state index < -0.39 is 0 Å². The van der Waals surface area contributed by atoms with Gasteiger partial charge in [-0.2, -0.15) is 0 Å². The highest BCUT2D eigenvalue weighted by atomic mass is 127. The maximum atomic E-state index is 9.57. The molecule has 2 aromatic rings. The number of nitrogen functional groups attached to an aromatic ring is 1. The van der Waals surface area contributed by atoms with Crippen LogP contribution in [0.4, 0.5) is 5.95 Å². The van der Waals surface area contributed by atoms with Gasteiger partial charge in [-0.25, -0.2) is 4.98 Å². The third-order valence-corrected chi connectivity index (χ3v) is 5.07. The average molecular weight is 398 g/mol. The van der Waals surface area contributed by atoms with Gasteiger partial charge in [-0.05, 0) is 31.1 Å². The number of benzene rings is 1. The Morgan fingerprint density at radius 2 is 2.05 bits per heavy atom. The summed E-state index contributed by atoms with van der Waals surface area (Å²) in [7, 11) is 0. The lowest BCUT2D eigenvalue weighted by atomic mass is 10.1. The summed E-state index contributed by atoms with van der Waals surface area (Å²) in [5.41, 5.74) is 7.91. The van der Waals surface area contributed by atoms with E-state index in [9.17, 15) is 5.11 Å². The number of fused-ring (bicyclic) bond motifs is 1. The van der Waals surface area contributed by atoms with E-state index in [1.807, 2.05) is 35.0 Å². The van der Waals surface area contributed by atoms with E-state index in [4.69, 9.17) is 5.73 Å². The number of nitrogens with two attached hydrogens (primary N) is 1. The lowest BCUT2D eigenvalue weighted by molar-refractivity contribution is 0.0857. The van der Waals surface area contributed by atoms with Crippen molar-refractivity contribution in [2.75, 3.05) is 18.8 Å². The lowest BCUT2D eigenvalue weighted by Gasteiger charge is -2.31. The maximum absolute atomic E-state index is 9.57. The average Bonchev–Trinajstić information content (AvgIpc) is 2.81. The summed E-state index contributed by atoms with van der Waals surface area (Å²) in [6.07, 6.45) is 5.68. The number of likely N-dealkylation sites (tertiary alicyclic amines) is 1. The molecule has 6 heteroatoms. The number of nitrogens with zero attached hydrogens (tertiary/aromatic N) is 3. The van der Waals surface area contributed by atoms with Gasteiger partial charge in [0.25, 0.3) is 0 Å². The van der Waals surface area contributed by atoms with Gasteiger partial charge in [0.1, 0.15) is 0 Å². The number of anilines is 1. The number of rotatable bonds is 3. The largest absolute Gasteiger partial charge is 0.393 e. The summed E-state index contributed by atoms with van der Waals surface area (Å²) >= 11 is 2.41. The quantitative estimate of drug-likeness (QED) is 0.473. The van der Waals surface area contributed by atoms with Crippen molar-refractivity contribution < 1.29 is 5.11 Å². The van der Waals surface area contributed by atoms with E-state index in [1.165, 1.54) is 0 Å². The molecule has 3 rings (SSSR count). The normalized spacial score (nSPS) is 19.5. The highest BCUT2D eigenvalue weighted by Crippen LogP contribution is 2.21. The minimum Gasteiger partial charge on any atom is -0.393 e. The zero-order valence-electron chi connectivity index (χ0n) is 11.7. The number of alkyl halides is 1. The maximum Gasteiger partial charge on any atom is 0.205 e. The van der Waals surface area contributed by atoms with Crippen LogP contribution < -0.4 is 5.73 Å². The topological polar surface area (TPSA) is 67.3 Å². The van der Waals surface area contributed by atoms with Gasteiger partial charge >= 0.3 is 0 Å². The summed E-state index contributed by atoms with van der Waals surface area (Å²) in [5, 5.41) is 9.57. The fourth-order valence-electron chi connectivity index (χ4n) is 2.63. The predicted octanol–water partition coefficient (Wildman–Crippen LogP) is 2.31. The van der Waals surface area contributed by atoms with Crippen LogP contribution in [0.1, 0.15) is 12.8 Å². The van der Waals surface area contributed by atoms with Crippen LogP contribution in [-0.4, -0.2) is 42.8 Å². The summed E-state index contributed by atoms with van der Waals surface area (Å²) in [4.78, 5) is 6.71. The molecule has 0 saturated carbocycles. The minimum atomic E-state index is -0.137. The molecular weight excluding hydrogens is 379 g/mol. The molecule has 0 spiro atoms. The number of hydrogen-bond donors (Lipinski definition) is 2. The molecule has 0 amide bonds. The van der Waals surface area contributed by atoms with Gasteiger partial charge in [-0.15, -0.1) is 0 Å². The van der Waals surface area contributed by atoms with Gasteiger partial charge < -0.3 is 10.8 Å². The number of halogens is 1. The van der Waals surface area contributed by atoms with Gasteiger partial charge in [-0.3, -0.25) is 9.47 Å². The monoisotopic (exact) mass is 398 g/mol. The van der Waals surface area contributed by atoms with Crippen LogP contribution in [0.15, 0.2) is 30.3 Å². The molecule has 1 aromatic carbocycles. The molecule has 0 radical (unpaired) electrons. The first kappa shape index (κ1) is 14.8. The van der Waals surface area contributed by atoms with Gasteiger partial charge in [0.15, 0.2) is 0 Å². The second-order valence-corrected chi connectivity index (χ2v) is 6.59. The summed E-state index contributed by atoms with van der Waals surface area (Å²) in [5.74, 6) is 0.505. The fourth-order valence-corrected chi connectivity index (χ4v) is 3.37. The van der Waals surface area contributed by atoms with Crippen LogP contribution >= 0.6 is 22.6 Å². The molecule has 1 fully saturated rings. The predicted molar refractivity (Wildman–Crippen MR) is 94.1 cm³/mol. The molecule has 1 aromatic heterocycles. The standard InChI is InChI=1S/C15H19IN4O/c16-14(19-8-5-11(21)6-9-19)7-10-20-13-4-2-1-3-12(13)18-15(20)17/h1-4,7,10-11,14,21H,5-6,8-9H2,(H2,17,18)/b10-7-. The van der Waals surface area contributed by atoms with Crippen molar-refractivity contribution in [2.24, 2.45) is 0 Å². The minimum absolute atomic E-state index is 0.137. The zero-order valence-corrected chi connectivity index (χ0v) is 13.8. The molecule has 1 unspecified atom stereocenters. The molecule has 0 aliphatic carbocycles. The first-order valence-corrected chi connectivity index (χ1v) is 8.36. The van der Waals surface area contributed by atoms with Crippen molar-refractivity contribution in [3.63, 3.8) is 0 Å². The molecule has 1 atom stereocenters. The number of aliphatic hydroxyl groups is 1. The van der Waals surface area contributed by atoms with Crippen LogP contribution in [0.3, 0.4) is 0 Å². The van der Waals surface area contributed by atoms with Crippen LogP contribution in [0.25, 0.3) is 17.2 Å². The third kappa shape index (κ3) is 3.22. The van der Waals surface area contributed by atoms with E-state index in [2.05, 4.69) is 38.6 Å². The highest BCUT2D eigenvalue weighted by molar-refractivity contribution is 14.1. The summed E-state index contributed by atoms with van der Waals surface area (Å²) < 4.78 is 2.20. The molecular formula is C15H19IN4O. The Kier molecular flexibility index (Phi) is 4.46. The van der Waals surface area contributed by atoms with E-state index in [0.29, 0.717) is 5.95 Å². The molecule has 1 aliphatic rings. The van der Waals surface area contributed by atoms with Crippen LogP contribution in [0, 0.1) is 0 Å². The summed E-state index contributed by atoms with van der Waals surface area (Å²) in [6.45, 7) is 1.86. The van der Waals surface area contributed by atoms with E-state index in [-0.39, 0.29) is 10.2 Å². The second kappa shape index (κ2) is 6.33. The van der Waals surface area contributed by atoms with E-state index >= 15 is 0 Å². The Morgan fingerprint density at radius 1 is 1.33 bits per heavy atom. The number of aliphatic hydroxyl groups excluding tert-OH is 1. The molecule has 5 nitrogen and oxygen atoms in total. The van der Waals surface area contributed by atoms with Crippen molar-refractivity contribution in [3.05, 3.63) is 30.3 Å². The molecule has 112 valence electrons. The first-order valence-electron chi connectivity index (χ1n) is 7.12. The molecule has 2 heterocycles. The van der Waals surface area contributed by atoms with Crippen molar-refractivity contribution in [1.82, 2.24) is 14.5 Å². The number of piperidine rings is 1. The van der Waals surface area contributed by atoms with Crippen LogP contribution in [0.2, 0.25) is 0 Å². The third-order valence-electron chi connectivity index (χ3n) is 3.86. The summed E-state index contributed by atoms with van der Waals surface area (Å²) in [6, 6.07) is 7.93. The van der Waals surface area contributed by atoms with Gasteiger partial charge in [0.2, 0.25) is 5.95 Å². The van der Waals surface area contributed by atoms with E-state index in [0.717, 1.165) is 37.0 Å². The Labute approximate surface area is 137 Å². The molecule has 21 heavy (non-hydrogen) atoms. The molecule has 1 saturated heterocycles. The number of imidazole rings is 1. The van der Waals surface area contributed by atoms with Crippen molar-refractivity contribution in [1.29, 1.82) is 0 Å². The van der Waals surface area contributed by atoms with Crippen molar-refractivity contribution in [2.45, 2.75) is 23.0 Å². The Balaban J connectivity index is 1.76. The van der Waals surface area contributed by atoms with Crippen molar-refractivity contribution in [3.8, 4) is 0 Å². The van der Waals surface area contributed by atoms with Crippen LogP contribution in [0.5, 0.6) is 0 Å². The second-order valence-electron chi connectivity index (χ2n) is 5.31. The van der Waals surface area contributed by atoms with Gasteiger partial charge in [0.05, 0.1) is 21.2 Å². The smallest absolute Gasteiger partial charge is 0.205 e. The number of aromatic nitrogens is 2. The SMILES string of the molecule is Nc1nc2ccccc2n1/C=C\C(I)N1CCC(O)CC1. The lowest BCUT2D eigenvalue weighted by Crippen LogP contribution is -2.39. The Morgan fingerprint density at radius 3 is 2.81 bits per heavy atom. The number of para-hydroxylation sites is 2. The first-order chi connectivity index (χ1) is 10.1. The fraction of sp³-hybridized carbons (Fsp3) is 0.400. The van der Waals surface area contributed by atoms with Gasteiger partial charge in [-0.1, -0.05) is 34.7 Å². The zero-order chi connectivity index (χ0) is 14.8. The van der Waals surface area contributed by atoms with Crippen LogP contribution in [-0.2, 0) is 0 Å². The Hall–Kier alpha value is -1.12. The Bertz CT molecular complexity index is 646. The molecule has 0 bridgehead atoms. The van der Waals surface area contributed by atoms with Gasteiger partial charge in [0, 0.05) is 19.3 Å². The van der Waals surface area contributed by atoms with Crippen molar-refractivity contribution >= 4 is 45.8 Å². The highest BCUT2D eigenvalue weighted by Gasteiger charge is 2.20. The molecule has 3 N–H and O–H groups in total. The number of hydrogen-bond acceptors (Lipinski definition) is 4.